The zero-order valence-electron chi connectivity index (χ0n) is 4.18. The van der Waals surface area contributed by atoms with Crippen molar-refractivity contribution in [2.24, 2.45) is 0 Å². The SMILES string of the molecule is C[N-]CC#CO.[Y]. The van der Waals surface area contributed by atoms with E-state index in [4.69, 9.17) is 5.11 Å². The van der Waals surface area contributed by atoms with Gasteiger partial charge in [-0.3, -0.25) is 0 Å². The fraction of sp³-hybridized carbons (Fsp3) is 0.500. The molecular formula is C4H6NOY-. The average molecular weight is 173 g/mol. The van der Waals surface area contributed by atoms with Crippen LogP contribution in [0.3, 0.4) is 0 Å². The van der Waals surface area contributed by atoms with E-state index in [9.17, 15) is 0 Å². The van der Waals surface area contributed by atoms with E-state index in [1.165, 1.54) is 0 Å². The molecule has 7 heavy (non-hydrogen) atoms. The predicted octanol–water partition coefficient (Wildman–Crippen LogP) is 0.321. The molecule has 0 saturated carbocycles. The third-order valence-corrected chi connectivity index (χ3v) is 0.316. The monoisotopic (exact) mass is 173 g/mol. The molecule has 0 aliphatic heterocycles. The van der Waals surface area contributed by atoms with Crippen LogP contribution in [0.15, 0.2) is 0 Å². The molecule has 0 aromatic heterocycles. The average Bonchev–Trinajstić information content (AvgIpc) is 1.61. The third-order valence-electron chi connectivity index (χ3n) is 0.316. The Kier molecular flexibility index (Phi) is 14.4. The minimum Gasteiger partial charge on any atom is -0.655 e. The number of aliphatic hydroxyl groups excluding tert-OH is 1. The topological polar surface area (TPSA) is 34.3 Å². The molecule has 0 fully saturated rings. The summed E-state index contributed by atoms with van der Waals surface area (Å²) in [7, 11) is 1.64. The number of hydrogen-bond acceptors (Lipinski definition) is 1. The molecule has 1 radical (unpaired) electrons. The first kappa shape index (κ1) is 10.4. The molecule has 0 spiro atoms. The molecule has 0 aromatic rings. The van der Waals surface area contributed by atoms with Gasteiger partial charge in [-0.05, 0) is 0 Å². The summed E-state index contributed by atoms with van der Waals surface area (Å²) in [6.07, 6.45) is 1.72. The molecule has 0 rings (SSSR count). The van der Waals surface area contributed by atoms with Gasteiger partial charge >= 0.3 is 0 Å². The standard InChI is InChI=1S/C4H6NO.Y/c1-5-3-2-4-6;/h6H,3H2,1H3;/q-1;. The number of rotatable bonds is 1. The number of nitrogens with zero attached hydrogens (tertiary/aromatic N) is 1. The van der Waals surface area contributed by atoms with Crippen molar-refractivity contribution >= 4 is 0 Å². The van der Waals surface area contributed by atoms with E-state index in [-0.39, 0.29) is 32.7 Å². The maximum absolute atomic E-state index is 7.78. The van der Waals surface area contributed by atoms with Crippen LogP contribution >= 0.6 is 0 Å². The largest absolute Gasteiger partial charge is 0.655 e. The summed E-state index contributed by atoms with van der Waals surface area (Å²) in [6.45, 7) is 0.427. The smallest absolute Gasteiger partial charge is 0.105 e. The Morgan fingerprint density at radius 1 is 1.71 bits per heavy atom. The van der Waals surface area contributed by atoms with Crippen LogP contribution < -0.4 is 0 Å². The second kappa shape index (κ2) is 9.66. The summed E-state index contributed by atoms with van der Waals surface area (Å²) in [5, 5.41) is 11.4. The van der Waals surface area contributed by atoms with E-state index >= 15 is 0 Å². The van der Waals surface area contributed by atoms with Gasteiger partial charge in [-0.2, -0.15) is 7.05 Å². The van der Waals surface area contributed by atoms with Crippen molar-refractivity contribution in [3.05, 3.63) is 5.32 Å². The second-order valence-electron chi connectivity index (χ2n) is 0.763. The molecule has 0 aromatic carbocycles. The minimum absolute atomic E-state index is 0. The maximum atomic E-state index is 7.78. The molecule has 0 aliphatic rings. The van der Waals surface area contributed by atoms with Gasteiger partial charge < -0.3 is 10.4 Å². The Morgan fingerprint density at radius 3 is 2.43 bits per heavy atom. The summed E-state index contributed by atoms with van der Waals surface area (Å²) < 4.78 is 0. The van der Waals surface area contributed by atoms with Gasteiger partial charge in [0.1, 0.15) is 6.11 Å². The van der Waals surface area contributed by atoms with Crippen LogP contribution in [-0.4, -0.2) is 18.7 Å². The van der Waals surface area contributed by atoms with E-state index < -0.39 is 0 Å². The van der Waals surface area contributed by atoms with E-state index in [2.05, 4.69) is 11.2 Å². The summed E-state index contributed by atoms with van der Waals surface area (Å²) in [6, 6.07) is 0. The van der Waals surface area contributed by atoms with Crippen LogP contribution in [0.5, 0.6) is 0 Å². The Hall–Kier alpha value is 0.424. The molecule has 0 aliphatic carbocycles. The van der Waals surface area contributed by atoms with Crippen LogP contribution in [0.2, 0.25) is 0 Å². The summed E-state index contributed by atoms with van der Waals surface area (Å²) in [5.74, 6) is 2.34. The van der Waals surface area contributed by atoms with Crippen molar-refractivity contribution in [2.75, 3.05) is 13.6 Å². The van der Waals surface area contributed by atoms with Crippen LogP contribution in [0.4, 0.5) is 0 Å². The Morgan fingerprint density at radius 2 is 2.29 bits per heavy atom. The molecule has 2 nitrogen and oxygen atoms in total. The molecule has 0 atom stereocenters. The quantitative estimate of drug-likeness (QED) is 0.569. The van der Waals surface area contributed by atoms with Crippen LogP contribution in [0.1, 0.15) is 0 Å². The van der Waals surface area contributed by atoms with Crippen molar-refractivity contribution < 1.29 is 37.8 Å². The Balaban J connectivity index is 0. The molecule has 0 amide bonds. The fourth-order valence-electron chi connectivity index (χ4n) is 0.114. The summed E-state index contributed by atoms with van der Waals surface area (Å²) in [4.78, 5) is 0. The Bertz CT molecular complexity index is 73.5. The van der Waals surface area contributed by atoms with Gasteiger partial charge in [0.25, 0.3) is 0 Å². The van der Waals surface area contributed by atoms with Gasteiger partial charge in [0, 0.05) is 32.7 Å². The first-order chi connectivity index (χ1) is 2.91. The predicted molar refractivity (Wildman–Crippen MR) is 23.9 cm³/mol. The van der Waals surface area contributed by atoms with E-state index in [1.54, 1.807) is 13.2 Å². The fourth-order valence-corrected chi connectivity index (χ4v) is 0.114. The van der Waals surface area contributed by atoms with Gasteiger partial charge in [-0.25, -0.2) is 0 Å². The first-order valence-electron chi connectivity index (χ1n) is 1.59. The number of aliphatic hydroxyl groups is 1. The summed E-state index contributed by atoms with van der Waals surface area (Å²) >= 11 is 0. The van der Waals surface area contributed by atoms with Crippen molar-refractivity contribution in [3.8, 4) is 12.0 Å². The van der Waals surface area contributed by atoms with Gasteiger partial charge in [0.05, 0.1) is 0 Å². The van der Waals surface area contributed by atoms with Gasteiger partial charge in [0.2, 0.25) is 0 Å². The van der Waals surface area contributed by atoms with Gasteiger partial charge in [-0.15, -0.1) is 0 Å². The summed E-state index contributed by atoms with van der Waals surface area (Å²) in [5.41, 5.74) is 0. The van der Waals surface area contributed by atoms with Crippen molar-refractivity contribution in [1.82, 2.24) is 0 Å². The molecule has 0 bridgehead atoms. The maximum Gasteiger partial charge on any atom is 0.105 e. The number of hydrogen-bond donors (Lipinski definition) is 1. The normalized spacial score (nSPS) is 5.29. The van der Waals surface area contributed by atoms with Crippen molar-refractivity contribution in [3.63, 3.8) is 0 Å². The molecular weight excluding hydrogens is 167 g/mol. The zero-order chi connectivity index (χ0) is 4.83. The van der Waals surface area contributed by atoms with Gasteiger partial charge in [0.15, 0.2) is 0 Å². The van der Waals surface area contributed by atoms with Crippen molar-refractivity contribution in [2.45, 2.75) is 0 Å². The molecule has 1 N–H and O–H groups in total. The molecule has 0 unspecified atom stereocenters. The minimum atomic E-state index is 0. The molecule has 0 saturated heterocycles. The molecule has 37 valence electrons. The first-order valence-corrected chi connectivity index (χ1v) is 1.59. The van der Waals surface area contributed by atoms with E-state index in [0.717, 1.165) is 0 Å². The third kappa shape index (κ3) is 10.7. The Labute approximate surface area is 68.6 Å². The second-order valence-corrected chi connectivity index (χ2v) is 0.763. The van der Waals surface area contributed by atoms with E-state index in [1.807, 2.05) is 0 Å². The van der Waals surface area contributed by atoms with Crippen LogP contribution in [-0.2, 0) is 32.7 Å². The van der Waals surface area contributed by atoms with Crippen molar-refractivity contribution in [1.29, 1.82) is 0 Å². The molecule has 0 heterocycles. The van der Waals surface area contributed by atoms with E-state index in [0.29, 0.717) is 6.54 Å². The van der Waals surface area contributed by atoms with Crippen LogP contribution in [0, 0.1) is 12.0 Å². The zero-order valence-corrected chi connectivity index (χ0v) is 7.02. The van der Waals surface area contributed by atoms with Gasteiger partial charge in [-0.1, -0.05) is 12.5 Å². The molecule has 3 heteroatoms. The van der Waals surface area contributed by atoms with Crippen LogP contribution in [0.25, 0.3) is 5.32 Å².